The molecule has 1 N–H and O–H groups in total. The van der Waals surface area contributed by atoms with E-state index in [4.69, 9.17) is 12.2 Å². The number of carboxylic acids is 1. The van der Waals surface area contributed by atoms with Crippen molar-refractivity contribution in [1.82, 2.24) is 4.90 Å². The summed E-state index contributed by atoms with van der Waals surface area (Å²) < 4.78 is 0.301. The van der Waals surface area contributed by atoms with Crippen molar-refractivity contribution in [2.75, 3.05) is 0 Å². The Bertz CT molecular complexity index is 668. The van der Waals surface area contributed by atoms with Crippen LogP contribution in [-0.2, 0) is 9.59 Å². The van der Waals surface area contributed by atoms with Crippen LogP contribution in [0.4, 0.5) is 0 Å². The highest BCUT2D eigenvalue weighted by atomic mass is 32.2. The van der Waals surface area contributed by atoms with Crippen molar-refractivity contribution in [3.63, 3.8) is 0 Å². The van der Waals surface area contributed by atoms with Gasteiger partial charge in [-0.15, -0.1) is 0 Å². The fraction of sp³-hybridized carbons (Fsp3) is 0.235. The van der Waals surface area contributed by atoms with E-state index in [1.807, 2.05) is 43.3 Å². The summed E-state index contributed by atoms with van der Waals surface area (Å²) in [5, 5.41) is 9.32. The monoisotopic (exact) mass is 347 g/mol. The number of allylic oxidation sites excluding steroid dienone is 2. The summed E-state index contributed by atoms with van der Waals surface area (Å²) in [4.78, 5) is 25.5. The lowest BCUT2D eigenvalue weighted by Crippen LogP contribution is -2.43. The van der Waals surface area contributed by atoms with Crippen molar-refractivity contribution in [1.29, 1.82) is 0 Å². The predicted octanol–water partition coefficient (Wildman–Crippen LogP) is 3.70. The number of benzene rings is 1. The maximum atomic E-state index is 12.4. The van der Waals surface area contributed by atoms with Gasteiger partial charge in [0.1, 0.15) is 10.4 Å². The molecule has 2 rings (SSSR count). The number of hydrogen-bond donors (Lipinski definition) is 1. The topological polar surface area (TPSA) is 57.6 Å². The third-order valence-electron chi connectivity index (χ3n) is 3.32. The predicted molar refractivity (Wildman–Crippen MR) is 96.9 cm³/mol. The van der Waals surface area contributed by atoms with Gasteiger partial charge in [0.2, 0.25) is 0 Å². The molecule has 1 aromatic rings. The Morgan fingerprint density at radius 2 is 2.09 bits per heavy atom. The van der Waals surface area contributed by atoms with E-state index in [0.717, 1.165) is 17.3 Å². The number of aliphatic carboxylic acids is 1. The lowest BCUT2D eigenvalue weighted by Gasteiger charge is -2.22. The zero-order valence-corrected chi connectivity index (χ0v) is 14.3. The van der Waals surface area contributed by atoms with Crippen LogP contribution >= 0.6 is 24.0 Å². The van der Waals surface area contributed by atoms with Crippen LogP contribution in [0.2, 0.25) is 0 Å². The molecule has 1 heterocycles. The number of hydrogen-bond acceptors (Lipinski definition) is 4. The minimum Gasteiger partial charge on any atom is -0.480 e. The zero-order valence-electron chi connectivity index (χ0n) is 12.6. The molecule has 1 unspecified atom stereocenters. The highest BCUT2D eigenvalue weighted by Crippen LogP contribution is 2.33. The van der Waals surface area contributed by atoms with Crippen LogP contribution in [0.5, 0.6) is 0 Å². The molecule has 1 fully saturated rings. The van der Waals surface area contributed by atoms with Crippen molar-refractivity contribution in [2.24, 2.45) is 0 Å². The molecule has 1 saturated heterocycles. The standard InChI is InChI=1S/C17H17NO3S2/c1-2-7-13(16(20)21)18-15(19)14(23-17(18)22)11-6-10-12-8-4-3-5-9-12/h3-6,8-11,13H,2,7H2,1H3,(H,20,21). The average molecular weight is 347 g/mol. The summed E-state index contributed by atoms with van der Waals surface area (Å²) in [6, 6.07) is 8.82. The summed E-state index contributed by atoms with van der Waals surface area (Å²) in [7, 11) is 0. The fourth-order valence-electron chi connectivity index (χ4n) is 2.21. The van der Waals surface area contributed by atoms with Gasteiger partial charge >= 0.3 is 5.97 Å². The minimum atomic E-state index is -1.02. The van der Waals surface area contributed by atoms with E-state index in [1.165, 1.54) is 4.90 Å². The largest absolute Gasteiger partial charge is 0.480 e. The van der Waals surface area contributed by atoms with Gasteiger partial charge in [0.15, 0.2) is 0 Å². The second-order valence-electron chi connectivity index (χ2n) is 4.99. The third-order valence-corrected chi connectivity index (χ3v) is 4.67. The normalized spacial score (nSPS) is 18.1. The summed E-state index contributed by atoms with van der Waals surface area (Å²) >= 11 is 6.33. The second-order valence-corrected chi connectivity index (χ2v) is 6.66. The first-order chi connectivity index (χ1) is 11.0. The van der Waals surface area contributed by atoms with Crippen LogP contribution < -0.4 is 0 Å². The number of thiocarbonyl (C=S) groups is 1. The number of carbonyl (C=O) groups excluding carboxylic acids is 1. The van der Waals surface area contributed by atoms with E-state index in [1.54, 1.807) is 12.2 Å². The molecular weight excluding hydrogens is 330 g/mol. The van der Waals surface area contributed by atoms with Crippen LogP contribution in [0.1, 0.15) is 25.3 Å². The summed E-state index contributed by atoms with van der Waals surface area (Å²) in [6.07, 6.45) is 6.39. The molecule has 1 aliphatic rings. The molecule has 0 bridgehead atoms. The maximum Gasteiger partial charge on any atom is 0.326 e. The van der Waals surface area contributed by atoms with Crippen LogP contribution in [0.15, 0.2) is 47.4 Å². The summed E-state index contributed by atoms with van der Waals surface area (Å²) in [5.41, 5.74) is 1.02. The Morgan fingerprint density at radius 1 is 1.39 bits per heavy atom. The van der Waals surface area contributed by atoms with Gasteiger partial charge in [0.05, 0.1) is 4.91 Å². The van der Waals surface area contributed by atoms with E-state index in [9.17, 15) is 14.7 Å². The lowest BCUT2D eigenvalue weighted by molar-refractivity contribution is -0.145. The molecule has 0 aliphatic carbocycles. The van der Waals surface area contributed by atoms with Crippen LogP contribution in [0.25, 0.3) is 6.08 Å². The quantitative estimate of drug-likeness (QED) is 0.628. The Hall–Kier alpha value is -1.92. The number of nitrogens with zero attached hydrogens (tertiary/aromatic N) is 1. The van der Waals surface area contributed by atoms with E-state index in [-0.39, 0.29) is 5.91 Å². The average Bonchev–Trinajstić information content (AvgIpc) is 2.80. The van der Waals surface area contributed by atoms with Crippen molar-refractivity contribution in [3.8, 4) is 0 Å². The Balaban J connectivity index is 2.15. The highest BCUT2D eigenvalue weighted by molar-refractivity contribution is 8.26. The first kappa shape index (κ1) is 17.4. The molecule has 120 valence electrons. The van der Waals surface area contributed by atoms with Gasteiger partial charge in [-0.2, -0.15) is 0 Å². The smallest absolute Gasteiger partial charge is 0.326 e. The molecule has 1 aromatic carbocycles. The zero-order chi connectivity index (χ0) is 16.8. The molecule has 0 radical (unpaired) electrons. The van der Waals surface area contributed by atoms with Crippen molar-refractivity contribution < 1.29 is 14.7 Å². The first-order valence-corrected chi connectivity index (χ1v) is 8.48. The Morgan fingerprint density at radius 3 is 2.70 bits per heavy atom. The lowest BCUT2D eigenvalue weighted by atomic mass is 10.1. The molecule has 4 nitrogen and oxygen atoms in total. The van der Waals surface area contributed by atoms with E-state index >= 15 is 0 Å². The van der Waals surface area contributed by atoms with Crippen molar-refractivity contribution in [3.05, 3.63) is 53.0 Å². The van der Waals surface area contributed by atoms with Gasteiger partial charge in [-0.1, -0.05) is 79.8 Å². The van der Waals surface area contributed by atoms with Crippen LogP contribution in [-0.4, -0.2) is 32.2 Å². The van der Waals surface area contributed by atoms with Gasteiger partial charge in [-0.25, -0.2) is 4.79 Å². The molecule has 6 heteroatoms. The van der Waals surface area contributed by atoms with Crippen LogP contribution in [0, 0.1) is 0 Å². The number of thioether (sulfide) groups is 1. The second kappa shape index (κ2) is 8.08. The number of carbonyl (C=O) groups is 2. The SMILES string of the molecule is CCCC(C(=O)O)N1C(=O)C(=CC=Cc2ccccc2)SC1=S. The Kier molecular flexibility index (Phi) is 6.12. The van der Waals surface area contributed by atoms with E-state index < -0.39 is 12.0 Å². The molecule has 1 amide bonds. The number of rotatable bonds is 6. The maximum absolute atomic E-state index is 12.4. The first-order valence-electron chi connectivity index (χ1n) is 7.26. The minimum absolute atomic E-state index is 0.301. The van der Waals surface area contributed by atoms with Gasteiger partial charge in [0.25, 0.3) is 5.91 Å². The number of amides is 1. The van der Waals surface area contributed by atoms with Crippen LogP contribution in [0.3, 0.4) is 0 Å². The fourth-order valence-corrected chi connectivity index (χ4v) is 3.52. The summed E-state index contributed by atoms with van der Waals surface area (Å²) in [5.74, 6) is -1.36. The van der Waals surface area contributed by atoms with Crippen molar-refractivity contribution >= 4 is 46.3 Å². The van der Waals surface area contributed by atoms with Gasteiger partial charge in [-0.3, -0.25) is 9.69 Å². The van der Waals surface area contributed by atoms with E-state index in [2.05, 4.69) is 0 Å². The molecule has 23 heavy (non-hydrogen) atoms. The third kappa shape index (κ3) is 4.30. The molecule has 0 aromatic heterocycles. The molecule has 1 atom stereocenters. The molecule has 1 aliphatic heterocycles. The van der Waals surface area contributed by atoms with Gasteiger partial charge in [-0.05, 0) is 18.1 Å². The Labute approximate surface area is 144 Å². The number of carboxylic acid groups (broad SMARTS) is 1. The van der Waals surface area contributed by atoms with Gasteiger partial charge in [0, 0.05) is 0 Å². The summed E-state index contributed by atoms with van der Waals surface area (Å²) in [6.45, 7) is 1.88. The molecular formula is C17H17NO3S2. The molecule has 0 saturated carbocycles. The van der Waals surface area contributed by atoms with Gasteiger partial charge < -0.3 is 5.11 Å². The highest BCUT2D eigenvalue weighted by Gasteiger charge is 2.39. The van der Waals surface area contributed by atoms with Crippen molar-refractivity contribution in [2.45, 2.75) is 25.8 Å². The molecule has 0 spiro atoms. The van der Waals surface area contributed by atoms with E-state index in [0.29, 0.717) is 22.1 Å².